The van der Waals surface area contributed by atoms with E-state index in [-0.39, 0.29) is 17.8 Å². The molecule has 1 saturated heterocycles. The molecule has 0 saturated carbocycles. The second kappa shape index (κ2) is 11.4. The summed E-state index contributed by atoms with van der Waals surface area (Å²) in [5.74, 6) is 0.770. The van der Waals surface area contributed by atoms with Crippen LogP contribution in [0.1, 0.15) is 40.9 Å². The molecule has 1 heterocycles. The summed E-state index contributed by atoms with van der Waals surface area (Å²) in [6, 6.07) is 14.7. The van der Waals surface area contributed by atoms with Gasteiger partial charge >= 0.3 is 0 Å². The number of aromatic hydroxyl groups is 1. The van der Waals surface area contributed by atoms with Crippen molar-refractivity contribution in [1.29, 1.82) is 0 Å². The number of hydrogen-bond acceptors (Lipinski definition) is 4. The minimum atomic E-state index is -0.193. The molecule has 2 aromatic carbocycles. The Hall–Kier alpha value is -3.06. The number of amides is 1. The molecular formula is C24H32N4O3. The van der Waals surface area contributed by atoms with Crippen molar-refractivity contribution in [2.24, 2.45) is 4.99 Å². The smallest absolute Gasteiger partial charge is 0.251 e. The number of nitrogens with one attached hydrogen (secondary N) is 2. The summed E-state index contributed by atoms with van der Waals surface area (Å²) in [5.41, 5.74) is 2.91. The van der Waals surface area contributed by atoms with E-state index in [1.54, 1.807) is 18.2 Å². The van der Waals surface area contributed by atoms with Crippen LogP contribution in [0.25, 0.3) is 0 Å². The van der Waals surface area contributed by atoms with Gasteiger partial charge in [0.2, 0.25) is 0 Å². The first kappa shape index (κ1) is 22.6. The van der Waals surface area contributed by atoms with Gasteiger partial charge in [-0.05, 0) is 49.6 Å². The highest BCUT2D eigenvalue weighted by Crippen LogP contribution is 2.25. The molecule has 0 aromatic heterocycles. The Bertz CT molecular complexity index is 900. The van der Waals surface area contributed by atoms with Crippen LogP contribution in [0.15, 0.2) is 53.5 Å². The van der Waals surface area contributed by atoms with Crippen LogP contribution in [0, 0.1) is 6.92 Å². The Balaban J connectivity index is 1.52. The van der Waals surface area contributed by atoms with E-state index in [9.17, 15) is 9.90 Å². The van der Waals surface area contributed by atoms with Gasteiger partial charge in [0.1, 0.15) is 11.9 Å². The Labute approximate surface area is 184 Å². The summed E-state index contributed by atoms with van der Waals surface area (Å²) in [7, 11) is 0. The number of carbonyl (C=O) groups is 1. The summed E-state index contributed by atoms with van der Waals surface area (Å²) in [6.07, 6.45) is 0.755. The van der Waals surface area contributed by atoms with E-state index in [1.807, 2.05) is 6.07 Å². The number of guanidine groups is 1. The summed E-state index contributed by atoms with van der Waals surface area (Å²) < 4.78 is 6.03. The molecule has 0 aliphatic carbocycles. The van der Waals surface area contributed by atoms with Crippen LogP contribution < -0.4 is 10.6 Å². The molecule has 1 atom stereocenters. The molecule has 7 heteroatoms. The van der Waals surface area contributed by atoms with Crippen molar-refractivity contribution in [3.05, 3.63) is 65.2 Å². The van der Waals surface area contributed by atoms with Crippen molar-refractivity contribution in [2.45, 2.75) is 26.4 Å². The average Bonchev–Trinajstić information content (AvgIpc) is 2.78. The monoisotopic (exact) mass is 424 g/mol. The van der Waals surface area contributed by atoms with Crippen LogP contribution in [0.3, 0.4) is 0 Å². The Kier molecular flexibility index (Phi) is 8.29. The Morgan fingerprint density at radius 2 is 2.06 bits per heavy atom. The zero-order valence-corrected chi connectivity index (χ0v) is 18.3. The van der Waals surface area contributed by atoms with Crippen molar-refractivity contribution >= 4 is 11.9 Å². The van der Waals surface area contributed by atoms with Crippen molar-refractivity contribution in [3.63, 3.8) is 0 Å². The molecule has 2 aromatic rings. The van der Waals surface area contributed by atoms with Crippen LogP contribution in [0.4, 0.5) is 0 Å². The van der Waals surface area contributed by atoms with Gasteiger partial charge in [0.25, 0.3) is 5.91 Å². The molecule has 31 heavy (non-hydrogen) atoms. The number of rotatable bonds is 7. The van der Waals surface area contributed by atoms with Crippen LogP contribution >= 0.6 is 0 Å². The molecule has 1 aliphatic heterocycles. The molecule has 3 N–H and O–H groups in total. The lowest BCUT2D eigenvalue weighted by Gasteiger charge is -2.35. The zero-order chi connectivity index (χ0) is 22.1. The summed E-state index contributed by atoms with van der Waals surface area (Å²) >= 11 is 0. The molecular weight excluding hydrogens is 392 g/mol. The van der Waals surface area contributed by atoms with Gasteiger partial charge in [-0.2, -0.15) is 0 Å². The fraction of sp³-hybridized carbons (Fsp3) is 0.417. The second-order valence-electron chi connectivity index (χ2n) is 7.56. The van der Waals surface area contributed by atoms with Crippen LogP contribution in [-0.4, -0.2) is 61.2 Å². The quantitative estimate of drug-likeness (QED) is 0.362. The van der Waals surface area contributed by atoms with E-state index in [0.717, 1.165) is 32.0 Å². The van der Waals surface area contributed by atoms with E-state index in [4.69, 9.17) is 9.73 Å². The fourth-order valence-corrected chi connectivity index (χ4v) is 3.62. The maximum atomic E-state index is 12.1. The number of aryl methyl sites for hydroxylation is 1. The molecule has 1 amide bonds. The van der Waals surface area contributed by atoms with Gasteiger partial charge in [0.15, 0.2) is 5.96 Å². The first-order valence-electron chi connectivity index (χ1n) is 10.9. The number of phenols is 1. The normalized spacial score (nSPS) is 16.8. The van der Waals surface area contributed by atoms with E-state index in [0.29, 0.717) is 25.3 Å². The van der Waals surface area contributed by atoms with Crippen LogP contribution in [-0.2, 0) is 4.74 Å². The highest BCUT2D eigenvalue weighted by molar-refractivity contribution is 5.94. The molecule has 1 aliphatic rings. The first-order valence-corrected chi connectivity index (χ1v) is 10.9. The molecule has 166 valence electrons. The number of ether oxygens (including phenoxy) is 1. The average molecular weight is 425 g/mol. The molecule has 0 radical (unpaired) electrons. The molecule has 0 spiro atoms. The maximum Gasteiger partial charge on any atom is 0.251 e. The van der Waals surface area contributed by atoms with Crippen LogP contribution in [0.2, 0.25) is 0 Å². The minimum absolute atomic E-state index is 0.0281. The predicted octanol–water partition coefficient (Wildman–Crippen LogP) is 2.86. The number of carbonyl (C=O) groups excluding carboxylic acids is 1. The standard InChI is InChI=1S/C24H32N4O3/c1-3-25-24(27-13-7-12-26-23(30)19-9-6-10-20(29)16-19)28-14-15-31-22(17-28)21-11-5-4-8-18(21)2/h4-6,8-11,16,22,29H,3,7,12-15,17H2,1-2H3,(H,25,27)(H,26,30). The number of phenolic OH excluding ortho intramolecular Hbond substituents is 1. The van der Waals surface area contributed by atoms with E-state index >= 15 is 0 Å². The molecule has 3 rings (SSSR count). The van der Waals surface area contributed by atoms with E-state index < -0.39 is 0 Å². The topological polar surface area (TPSA) is 86.2 Å². The van der Waals surface area contributed by atoms with Crippen molar-refractivity contribution < 1.29 is 14.6 Å². The first-order chi connectivity index (χ1) is 15.1. The van der Waals surface area contributed by atoms with Gasteiger partial charge in [0, 0.05) is 31.7 Å². The van der Waals surface area contributed by atoms with Gasteiger partial charge in [-0.1, -0.05) is 30.3 Å². The largest absolute Gasteiger partial charge is 0.508 e. The van der Waals surface area contributed by atoms with Gasteiger partial charge < -0.3 is 25.4 Å². The predicted molar refractivity (Wildman–Crippen MR) is 122 cm³/mol. The Morgan fingerprint density at radius 1 is 1.23 bits per heavy atom. The number of morpholine rings is 1. The molecule has 0 bridgehead atoms. The highest BCUT2D eigenvalue weighted by atomic mass is 16.5. The number of nitrogens with zero attached hydrogens (tertiary/aromatic N) is 2. The number of hydrogen-bond donors (Lipinski definition) is 3. The minimum Gasteiger partial charge on any atom is -0.508 e. The highest BCUT2D eigenvalue weighted by Gasteiger charge is 2.25. The van der Waals surface area contributed by atoms with E-state index in [2.05, 4.69) is 47.6 Å². The molecule has 1 unspecified atom stereocenters. The fourth-order valence-electron chi connectivity index (χ4n) is 3.62. The summed E-state index contributed by atoms with van der Waals surface area (Å²) in [5, 5.41) is 15.7. The van der Waals surface area contributed by atoms with Crippen molar-refractivity contribution in [2.75, 3.05) is 39.3 Å². The summed E-state index contributed by atoms with van der Waals surface area (Å²) in [6.45, 7) is 8.30. The van der Waals surface area contributed by atoms with Gasteiger partial charge in [0.05, 0.1) is 13.2 Å². The third-order valence-corrected chi connectivity index (χ3v) is 5.23. The van der Waals surface area contributed by atoms with Gasteiger partial charge in [-0.15, -0.1) is 0 Å². The van der Waals surface area contributed by atoms with E-state index in [1.165, 1.54) is 17.2 Å². The Morgan fingerprint density at radius 3 is 2.84 bits per heavy atom. The lowest BCUT2D eigenvalue weighted by molar-refractivity contribution is -0.00832. The van der Waals surface area contributed by atoms with Crippen molar-refractivity contribution in [1.82, 2.24) is 15.5 Å². The van der Waals surface area contributed by atoms with Crippen molar-refractivity contribution in [3.8, 4) is 5.75 Å². The van der Waals surface area contributed by atoms with Crippen LogP contribution in [0.5, 0.6) is 5.75 Å². The number of benzene rings is 2. The van der Waals surface area contributed by atoms with Gasteiger partial charge in [-0.3, -0.25) is 9.79 Å². The molecule has 1 fully saturated rings. The SMILES string of the molecule is CCNC(=NCCCNC(=O)c1cccc(O)c1)N1CCOC(c2ccccc2C)C1. The third kappa shape index (κ3) is 6.46. The molecule has 7 nitrogen and oxygen atoms in total. The number of aliphatic imine (C=N–C) groups is 1. The maximum absolute atomic E-state index is 12.1. The lowest BCUT2D eigenvalue weighted by Crippen LogP contribution is -2.48. The lowest BCUT2D eigenvalue weighted by atomic mass is 10.0. The van der Waals surface area contributed by atoms with Gasteiger partial charge in [-0.25, -0.2) is 0 Å². The third-order valence-electron chi connectivity index (χ3n) is 5.23. The second-order valence-corrected chi connectivity index (χ2v) is 7.56. The summed E-state index contributed by atoms with van der Waals surface area (Å²) in [4.78, 5) is 19.2. The zero-order valence-electron chi connectivity index (χ0n) is 18.3.